The summed E-state index contributed by atoms with van der Waals surface area (Å²) in [5.74, 6) is 0.222. The van der Waals surface area contributed by atoms with Gasteiger partial charge >= 0.3 is 0 Å². The molecular weight excluding hydrogens is 332 g/mol. The van der Waals surface area contributed by atoms with Crippen LogP contribution in [0.3, 0.4) is 0 Å². The van der Waals surface area contributed by atoms with Crippen molar-refractivity contribution in [3.8, 4) is 0 Å². The first-order chi connectivity index (χ1) is 12.3. The quantitative estimate of drug-likeness (QED) is 0.478. The lowest BCUT2D eigenvalue weighted by atomic mass is 10.2. The van der Waals surface area contributed by atoms with Crippen LogP contribution in [0.15, 0.2) is 59.0 Å². The predicted octanol–water partition coefficient (Wildman–Crippen LogP) is 5.49. The van der Waals surface area contributed by atoms with E-state index < -0.39 is 0 Å². The monoisotopic (exact) mass is 350 g/mol. The van der Waals surface area contributed by atoms with E-state index >= 15 is 0 Å². The summed E-state index contributed by atoms with van der Waals surface area (Å²) in [4.78, 5) is 19.5. The summed E-state index contributed by atoms with van der Waals surface area (Å²) in [5, 5.41) is 1.66. The van der Waals surface area contributed by atoms with E-state index in [1.807, 2.05) is 54.6 Å². The van der Waals surface area contributed by atoms with Gasteiger partial charge in [0.2, 0.25) is 0 Å². The van der Waals surface area contributed by atoms with Crippen molar-refractivity contribution in [3.05, 3.63) is 60.4 Å². The van der Waals surface area contributed by atoms with E-state index in [1.54, 1.807) is 4.90 Å². The number of aromatic nitrogens is 1. The number of rotatable bonds is 5. The first-order valence-electron chi connectivity index (χ1n) is 8.42. The lowest BCUT2D eigenvalue weighted by Gasteiger charge is -2.18. The Bertz CT molecular complexity index is 968. The maximum atomic E-state index is 13.1. The second kappa shape index (κ2) is 6.69. The average Bonchev–Trinajstić information content (AvgIpc) is 3.25. The number of hydrogen-bond donors (Lipinski definition) is 0. The average molecular weight is 350 g/mol. The summed E-state index contributed by atoms with van der Waals surface area (Å²) in [6.45, 7) is 2.74. The zero-order valence-corrected chi connectivity index (χ0v) is 14.8. The molecule has 0 radical (unpaired) electrons. The maximum Gasteiger partial charge on any atom is 0.295 e. The van der Waals surface area contributed by atoms with Crippen LogP contribution >= 0.6 is 11.3 Å². The van der Waals surface area contributed by atoms with Gasteiger partial charge < -0.3 is 4.42 Å². The zero-order chi connectivity index (χ0) is 17.2. The fraction of sp³-hybridized carbons (Fsp3) is 0.200. The Kier molecular flexibility index (Phi) is 4.24. The summed E-state index contributed by atoms with van der Waals surface area (Å²) >= 11 is 1.54. The lowest BCUT2D eigenvalue weighted by Crippen LogP contribution is -2.31. The van der Waals surface area contributed by atoms with Gasteiger partial charge in [0.15, 0.2) is 10.9 Å². The molecule has 0 saturated heterocycles. The fourth-order valence-corrected chi connectivity index (χ4v) is 3.79. The van der Waals surface area contributed by atoms with Crippen LogP contribution in [-0.2, 0) is 0 Å². The van der Waals surface area contributed by atoms with Crippen molar-refractivity contribution in [2.45, 2.75) is 19.8 Å². The molecule has 0 aliphatic rings. The van der Waals surface area contributed by atoms with E-state index in [0.29, 0.717) is 12.3 Å². The Morgan fingerprint density at radius 3 is 2.76 bits per heavy atom. The topological polar surface area (TPSA) is 46.3 Å². The van der Waals surface area contributed by atoms with Gasteiger partial charge in [0, 0.05) is 11.9 Å². The highest BCUT2D eigenvalue weighted by atomic mass is 32.1. The van der Waals surface area contributed by atoms with E-state index in [1.165, 1.54) is 11.3 Å². The molecule has 2 heterocycles. The molecule has 0 atom stereocenters. The minimum absolute atomic E-state index is 0.135. The molecular formula is C20H18N2O2S. The van der Waals surface area contributed by atoms with E-state index in [4.69, 9.17) is 4.42 Å². The third-order valence-electron chi connectivity index (χ3n) is 4.13. The van der Waals surface area contributed by atoms with Crippen molar-refractivity contribution in [1.29, 1.82) is 0 Å². The van der Waals surface area contributed by atoms with Crippen molar-refractivity contribution in [2.24, 2.45) is 0 Å². The largest absolute Gasteiger partial charge is 0.451 e. The molecule has 2 aromatic heterocycles. The third-order valence-corrected chi connectivity index (χ3v) is 5.19. The highest BCUT2D eigenvalue weighted by molar-refractivity contribution is 7.22. The van der Waals surface area contributed by atoms with Gasteiger partial charge in [-0.3, -0.25) is 9.69 Å². The molecule has 1 amide bonds. The zero-order valence-electron chi connectivity index (χ0n) is 13.9. The van der Waals surface area contributed by atoms with Crippen LogP contribution in [0.25, 0.3) is 21.2 Å². The second-order valence-corrected chi connectivity index (χ2v) is 6.93. The van der Waals surface area contributed by atoms with Gasteiger partial charge in [0.1, 0.15) is 5.58 Å². The van der Waals surface area contributed by atoms with Crippen molar-refractivity contribution < 1.29 is 9.21 Å². The molecule has 0 saturated carbocycles. The number of furan rings is 1. The number of anilines is 1. The number of carbonyl (C=O) groups is 1. The smallest absolute Gasteiger partial charge is 0.295 e. The number of amides is 1. The minimum atomic E-state index is -0.135. The van der Waals surface area contributed by atoms with Crippen LogP contribution in [0.4, 0.5) is 5.13 Å². The van der Waals surface area contributed by atoms with E-state index in [-0.39, 0.29) is 5.91 Å². The number of carbonyl (C=O) groups excluding carboxylic acids is 1. The van der Waals surface area contributed by atoms with Gasteiger partial charge in [-0.15, -0.1) is 0 Å². The van der Waals surface area contributed by atoms with Gasteiger partial charge in [-0.25, -0.2) is 4.98 Å². The highest BCUT2D eigenvalue weighted by Gasteiger charge is 2.23. The van der Waals surface area contributed by atoms with Crippen molar-refractivity contribution in [1.82, 2.24) is 4.98 Å². The molecule has 0 aliphatic carbocycles. The molecule has 4 nitrogen and oxygen atoms in total. The lowest BCUT2D eigenvalue weighted by molar-refractivity contribution is 0.0962. The standard InChI is InChI=1S/C20H18N2O2S/c1-2-3-12-22(20-21-15-9-5-7-11-18(15)25-20)19(23)17-13-14-8-4-6-10-16(14)24-17/h4-11,13H,2-3,12H2,1H3. The summed E-state index contributed by atoms with van der Waals surface area (Å²) in [6, 6.07) is 17.4. The number of unbranched alkanes of at least 4 members (excludes halogenated alkanes) is 1. The Morgan fingerprint density at radius 2 is 1.96 bits per heavy atom. The molecule has 0 N–H and O–H groups in total. The van der Waals surface area contributed by atoms with Crippen molar-refractivity contribution >= 4 is 43.6 Å². The van der Waals surface area contributed by atoms with Crippen LogP contribution in [0, 0.1) is 0 Å². The molecule has 0 fully saturated rings. The van der Waals surface area contributed by atoms with E-state index in [2.05, 4.69) is 11.9 Å². The molecule has 126 valence electrons. The van der Waals surface area contributed by atoms with Crippen molar-refractivity contribution in [2.75, 3.05) is 11.4 Å². The molecule has 0 unspecified atom stereocenters. The molecule has 0 aliphatic heterocycles. The Morgan fingerprint density at radius 1 is 1.16 bits per heavy atom. The van der Waals surface area contributed by atoms with Crippen LogP contribution in [0.5, 0.6) is 0 Å². The maximum absolute atomic E-state index is 13.1. The fourth-order valence-electron chi connectivity index (χ4n) is 2.80. The number of thiazole rings is 1. The first kappa shape index (κ1) is 15.8. The van der Waals surface area contributed by atoms with Crippen molar-refractivity contribution in [3.63, 3.8) is 0 Å². The molecule has 25 heavy (non-hydrogen) atoms. The van der Waals surface area contributed by atoms with Crippen LogP contribution in [-0.4, -0.2) is 17.4 Å². The molecule has 5 heteroatoms. The summed E-state index contributed by atoms with van der Waals surface area (Å²) in [5.41, 5.74) is 1.65. The van der Waals surface area contributed by atoms with Gasteiger partial charge in [-0.1, -0.05) is 55.0 Å². The number of fused-ring (bicyclic) bond motifs is 2. The summed E-state index contributed by atoms with van der Waals surface area (Å²) in [7, 11) is 0. The number of hydrogen-bond acceptors (Lipinski definition) is 4. The van der Waals surface area contributed by atoms with Gasteiger partial charge in [0.05, 0.1) is 10.2 Å². The number of nitrogens with zero attached hydrogens (tertiary/aromatic N) is 2. The molecule has 0 bridgehead atoms. The minimum Gasteiger partial charge on any atom is -0.451 e. The summed E-state index contributed by atoms with van der Waals surface area (Å²) < 4.78 is 6.85. The number of benzene rings is 2. The summed E-state index contributed by atoms with van der Waals surface area (Å²) in [6.07, 6.45) is 1.93. The highest BCUT2D eigenvalue weighted by Crippen LogP contribution is 2.30. The Balaban J connectivity index is 1.73. The van der Waals surface area contributed by atoms with Crippen LogP contribution in [0.2, 0.25) is 0 Å². The van der Waals surface area contributed by atoms with Gasteiger partial charge in [0.25, 0.3) is 5.91 Å². The SMILES string of the molecule is CCCCN(C(=O)c1cc2ccccc2o1)c1nc2ccccc2s1. The van der Waals surface area contributed by atoms with E-state index in [0.717, 1.165) is 39.2 Å². The Hall–Kier alpha value is -2.66. The van der Waals surface area contributed by atoms with E-state index in [9.17, 15) is 4.79 Å². The van der Waals surface area contributed by atoms with Crippen LogP contribution < -0.4 is 4.90 Å². The number of para-hydroxylation sites is 2. The van der Waals surface area contributed by atoms with Gasteiger partial charge in [-0.05, 0) is 30.7 Å². The molecule has 2 aromatic carbocycles. The normalized spacial score (nSPS) is 11.2. The van der Waals surface area contributed by atoms with Gasteiger partial charge in [-0.2, -0.15) is 0 Å². The molecule has 0 spiro atoms. The predicted molar refractivity (Wildman–Crippen MR) is 102 cm³/mol. The second-order valence-electron chi connectivity index (χ2n) is 5.92. The molecule has 4 aromatic rings. The third kappa shape index (κ3) is 3.03. The molecule has 4 rings (SSSR count). The first-order valence-corrected chi connectivity index (χ1v) is 9.24. The van der Waals surface area contributed by atoms with Crippen LogP contribution in [0.1, 0.15) is 30.3 Å². The Labute approximate surface area is 149 Å².